The Bertz CT molecular complexity index is 1450. The Morgan fingerprint density at radius 3 is 2.16 bits per heavy atom. The standard InChI is InChI=1S/C31H23N/c1-2-21-31(23-15-7-4-8-16-23)26-19-11-9-17-24(26)28-29(31)25-18-10-12-20-27(25)32-30(28)22-13-5-3-6-14-22/h2-20H,1,21H2. The summed E-state index contributed by atoms with van der Waals surface area (Å²) in [5.74, 6) is 0. The Morgan fingerprint density at radius 2 is 1.38 bits per heavy atom. The van der Waals surface area contributed by atoms with Gasteiger partial charge in [-0.3, -0.25) is 0 Å². The summed E-state index contributed by atoms with van der Waals surface area (Å²) >= 11 is 0. The molecule has 152 valence electrons. The minimum Gasteiger partial charge on any atom is -0.247 e. The maximum atomic E-state index is 5.21. The molecular weight excluding hydrogens is 386 g/mol. The molecule has 1 nitrogen and oxygen atoms in total. The highest BCUT2D eigenvalue weighted by molar-refractivity contribution is 6.02. The lowest BCUT2D eigenvalue weighted by molar-refractivity contribution is 0.651. The number of aromatic nitrogens is 1. The summed E-state index contributed by atoms with van der Waals surface area (Å²) in [7, 11) is 0. The summed E-state index contributed by atoms with van der Waals surface area (Å²) in [5.41, 5.74) is 9.40. The van der Waals surface area contributed by atoms with E-state index in [0.29, 0.717) is 0 Å². The normalized spacial score (nSPS) is 16.5. The molecule has 1 atom stereocenters. The fourth-order valence-corrected chi connectivity index (χ4v) is 5.50. The first-order valence-corrected chi connectivity index (χ1v) is 11.1. The van der Waals surface area contributed by atoms with Crippen molar-refractivity contribution in [2.75, 3.05) is 0 Å². The number of allylic oxidation sites excluding steroid dienone is 1. The zero-order valence-electron chi connectivity index (χ0n) is 17.8. The van der Waals surface area contributed by atoms with E-state index in [9.17, 15) is 0 Å². The number of nitrogens with zero attached hydrogens (tertiary/aromatic N) is 1. The summed E-state index contributed by atoms with van der Waals surface area (Å²) in [6, 6.07) is 38.9. The topological polar surface area (TPSA) is 12.9 Å². The molecule has 32 heavy (non-hydrogen) atoms. The second kappa shape index (κ2) is 7.32. The summed E-state index contributed by atoms with van der Waals surface area (Å²) in [4.78, 5) is 5.21. The molecule has 1 heterocycles. The molecule has 1 aliphatic carbocycles. The van der Waals surface area contributed by atoms with Gasteiger partial charge in [0.25, 0.3) is 0 Å². The van der Waals surface area contributed by atoms with Crippen LogP contribution < -0.4 is 0 Å². The van der Waals surface area contributed by atoms with Gasteiger partial charge in [0.05, 0.1) is 16.6 Å². The van der Waals surface area contributed by atoms with Gasteiger partial charge < -0.3 is 0 Å². The van der Waals surface area contributed by atoms with Crippen molar-refractivity contribution in [3.8, 4) is 22.4 Å². The number of rotatable bonds is 4. The Kier molecular flexibility index (Phi) is 4.29. The molecule has 6 rings (SSSR count). The average molecular weight is 410 g/mol. The predicted octanol–water partition coefficient (Wildman–Crippen LogP) is 7.79. The molecular formula is C31H23N. The van der Waals surface area contributed by atoms with Crippen molar-refractivity contribution in [2.24, 2.45) is 0 Å². The van der Waals surface area contributed by atoms with Crippen molar-refractivity contribution in [1.29, 1.82) is 0 Å². The van der Waals surface area contributed by atoms with E-state index in [0.717, 1.165) is 23.2 Å². The van der Waals surface area contributed by atoms with E-state index in [4.69, 9.17) is 4.98 Å². The lowest BCUT2D eigenvalue weighted by Gasteiger charge is -2.33. The van der Waals surface area contributed by atoms with Gasteiger partial charge in [-0.25, -0.2) is 4.98 Å². The Balaban J connectivity index is 1.85. The second-order valence-corrected chi connectivity index (χ2v) is 8.40. The van der Waals surface area contributed by atoms with Gasteiger partial charge in [0, 0.05) is 16.5 Å². The highest BCUT2D eigenvalue weighted by Gasteiger charge is 2.46. The van der Waals surface area contributed by atoms with Crippen molar-refractivity contribution in [1.82, 2.24) is 4.98 Å². The van der Waals surface area contributed by atoms with Crippen molar-refractivity contribution < 1.29 is 0 Å². The Labute approximate surface area is 188 Å². The predicted molar refractivity (Wildman–Crippen MR) is 134 cm³/mol. The Morgan fingerprint density at radius 1 is 0.719 bits per heavy atom. The van der Waals surface area contributed by atoms with Crippen molar-refractivity contribution in [2.45, 2.75) is 11.8 Å². The zero-order chi connectivity index (χ0) is 21.5. The van der Waals surface area contributed by atoms with Gasteiger partial charge in [-0.1, -0.05) is 109 Å². The first-order chi connectivity index (χ1) is 15.8. The van der Waals surface area contributed by atoms with Gasteiger partial charge in [0.1, 0.15) is 0 Å². The van der Waals surface area contributed by atoms with Crippen LogP contribution in [0.2, 0.25) is 0 Å². The largest absolute Gasteiger partial charge is 0.247 e. The molecule has 0 radical (unpaired) electrons. The van der Waals surface area contributed by atoms with Crippen LogP contribution in [0.1, 0.15) is 23.1 Å². The number of benzene rings is 4. The number of hydrogen-bond donors (Lipinski definition) is 0. The van der Waals surface area contributed by atoms with Crippen molar-refractivity contribution in [3.63, 3.8) is 0 Å². The fourth-order valence-electron chi connectivity index (χ4n) is 5.50. The summed E-state index contributed by atoms with van der Waals surface area (Å²) < 4.78 is 0. The molecule has 0 amide bonds. The fraction of sp³-hybridized carbons (Fsp3) is 0.0645. The van der Waals surface area contributed by atoms with E-state index in [1.807, 2.05) is 0 Å². The van der Waals surface area contributed by atoms with Gasteiger partial charge in [-0.15, -0.1) is 6.58 Å². The molecule has 1 unspecified atom stereocenters. The highest BCUT2D eigenvalue weighted by atomic mass is 14.7. The summed E-state index contributed by atoms with van der Waals surface area (Å²) in [5, 5.41) is 1.21. The van der Waals surface area contributed by atoms with E-state index in [2.05, 4.69) is 122 Å². The first kappa shape index (κ1) is 18.8. The lowest BCUT2D eigenvalue weighted by Crippen LogP contribution is -2.26. The molecule has 0 saturated carbocycles. The quantitative estimate of drug-likeness (QED) is 0.276. The summed E-state index contributed by atoms with van der Waals surface area (Å²) in [6.45, 7) is 4.19. The van der Waals surface area contributed by atoms with Crippen LogP contribution in [0.3, 0.4) is 0 Å². The minimum absolute atomic E-state index is 0.305. The average Bonchev–Trinajstić information content (AvgIpc) is 3.17. The molecule has 1 aliphatic rings. The van der Waals surface area contributed by atoms with Gasteiger partial charge in [-0.2, -0.15) is 0 Å². The first-order valence-electron chi connectivity index (χ1n) is 11.1. The molecule has 4 aromatic carbocycles. The molecule has 0 bridgehead atoms. The van der Waals surface area contributed by atoms with E-state index in [1.165, 1.54) is 33.2 Å². The smallest absolute Gasteiger partial charge is 0.0791 e. The van der Waals surface area contributed by atoms with E-state index >= 15 is 0 Å². The molecule has 0 aliphatic heterocycles. The maximum absolute atomic E-state index is 5.21. The number of hydrogen-bond acceptors (Lipinski definition) is 1. The lowest BCUT2D eigenvalue weighted by atomic mass is 9.69. The molecule has 1 aromatic heterocycles. The van der Waals surface area contributed by atoms with Gasteiger partial charge in [0.2, 0.25) is 0 Å². The van der Waals surface area contributed by atoms with Crippen molar-refractivity contribution in [3.05, 3.63) is 139 Å². The van der Waals surface area contributed by atoms with E-state index < -0.39 is 0 Å². The molecule has 0 saturated heterocycles. The van der Waals surface area contributed by atoms with Crippen molar-refractivity contribution >= 4 is 10.9 Å². The molecule has 0 spiro atoms. The van der Waals surface area contributed by atoms with Crippen LogP contribution in [0.5, 0.6) is 0 Å². The van der Waals surface area contributed by atoms with Crippen LogP contribution in [-0.4, -0.2) is 4.98 Å². The van der Waals surface area contributed by atoms with Crippen LogP contribution >= 0.6 is 0 Å². The second-order valence-electron chi connectivity index (χ2n) is 8.40. The maximum Gasteiger partial charge on any atom is 0.0791 e. The number of fused-ring (bicyclic) bond motifs is 5. The van der Waals surface area contributed by atoms with Crippen LogP contribution in [0.25, 0.3) is 33.3 Å². The third-order valence-corrected chi connectivity index (χ3v) is 6.74. The van der Waals surface area contributed by atoms with Crippen LogP contribution in [0.4, 0.5) is 0 Å². The van der Waals surface area contributed by atoms with Crippen LogP contribution in [-0.2, 0) is 5.41 Å². The molecule has 5 aromatic rings. The monoisotopic (exact) mass is 409 g/mol. The van der Waals surface area contributed by atoms with Gasteiger partial charge in [0.15, 0.2) is 0 Å². The molecule has 1 heteroatoms. The van der Waals surface area contributed by atoms with Crippen LogP contribution in [0, 0.1) is 0 Å². The minimum atomic E-state index is -0.305. The van der Waals surface area contributed by atoms with Gasteiger partial charge in [-0.05, 0) is 34.7 Å². The van der Waals surface area contributed by atoms with Gasteiger partial charge >= 0.3 is 0 Å². The SMILES string of the molecule is C=CCC1(c2ccccc2)c2ccccc2-c2c(-c3ccccc3)nc3ccccc3c21. The van der Waals surface area contributed by atoms with E-state index in [-0.39, 0.29) is 5.41 Å². The zero-order valence-corrected chi connectivity index (χ0v) is 17.8. The number of pyridine rings is 1. The Hall–Kier alpha value is -3.97. The van der Waals surface area contributed by atoms with E-state index in [1.54, 1.807) is 0 Å². The third-order valence-electron chi connectivity index (χ3n) is 6.74. The molecule has 0 fully saturated rings. The summed E-state index contributed by atoms with van der Waals surface area (Å²) in [6.07, 6.45) is 2.89. The van der Waals surface area contributed by atoms with Crippen LogP contribution in [0.15, 0.2) is 122 Å². The molecule has 0 N–H and O–H groups in total. The highest BCUT2D eigenvalue weighted by Crippen LogP contribution is 2.58. The number of para-hydroxylation sites is 1. The third kappa shape index (κ3) is 2.55.